The summed E-state index contributed by atoms with van der Waals surface area (Å²) in [7, 11) is 0. The van der Waals surface area contributed by atoms with Gasteiger partial charge in [0.25, 0.3) is 0 Å². The maximum absolute atomic E-state index is 9.62. The number of hydrogen-bond donors (Lipinski definition) is 4. The highest BCUT2D eigenvalue weighted by molar-refractivity contribution is 5.80. The van der Waals surface area contributed by atoms with Crippen LogP contribution in [0.5, 0.6) is 11.5 Å². The van der Waals surface area contributed by atoms with Crippen molar-refractivity contribution in [1.29, 1.82) is 0 Å². The van der Waals surface area contributed by atoms with E-state index >= 15 is 0 Å². The van der Waals surface area contributed by atoms with E-state index in [1.807, 2.05) is 18.2 Å². The molecule has 0 saturated heterocycles. The van der Waals surface area contributed by atoms with Crippen LogP contribution in [-0.2, 0) is 0 Å². The Balaban J connectivity index is 2.09. The standard InChI is InChI=1S/C17H15N3O2/c18-13-4-1-10(2-5-13)14-7-12(9-20-17(14)19)11-3-6-15(21)16(22)8-11/h1-9,21-22H,18H2,(H2,19,20). The van der Waals surface area contributed by atoms with Crippen LogP contribution < -0.4 is 11.5 Å². The van der Waals surface area contributed by atoms with Gasteiger partial charge in [0.2, 0.25) is 0 Å². The summed E-state index contributed by atoms with van der Waals surface area (Å²) in [5.41, 5.74) is 15.5. The molecule has 3 aromatic rings. The third-order valence-electron chi connectivity index (χ3n) is 3.45. The molecule has 5 heteroatoms. The van der Waals surface area contributed by atoms with E-state index in [4.69, 9.17) is 11.5 Å². The molecule has 0 aliphatic heterocycles. The Hall–Kier alpha value is -3.21. The zero-order chi connectivity index (χ0) is 15.7. The van der Waals surface area contributed by atoms with Crippen LogP contribution >= 0.6 is 0 Å². The van der Waals surface area contributed by atoms with E-state index in [9.17, 15) is 10.2 Å². The van der Waals surface area contributed by atoms with Gasteiger partial charge in [0, 0.05) is 23.0 Å². The summed E-state index contributed by atoms with van der Waals surface area (Å²) >= 11 is 0. The number of nitrogen functional groups attached to an aromatic ring is 2. The lowest BCUT2D eigenvalue weighted by molar-refractivity contribution is 0.404. The van der Waals surface area contributed by atoms with E-state index in [2.05, 4.69) is 4.98 Å². The smallest absolute Gasteiger partial charge is 0.158 e. The van der Waals surface area contributed by atoms with Gasteiger partial charge in [-0.15, -0.1) is 0 Å². The summed E-state index contributed by atoms with van der Waals surface area (Å²) in [4.78, 5) is 4.21. The molecule has 0 spiro atoms. The van der Waals surface area contributed by atoms with Crippen LogP contribution in [0.1, 0.15) is 0 Å². The molecule has 0 unspecified atom stereocenters. The Morgan fingerprint density at radius 2 is 1.41 bits per heavy atom. The van der Waals surface area contributed by atoms with E-state index in [1.54, 1.807) is 24.4 Å². The van der Waals surface area contributed by atoms with Gasteiger partial charge in [-0.3, -0.25) is 0 Å². The number of aromatic hydroxyl groups is 2. The second kappa shape index (κ2) is 5.29. The Kier molecular flexibility index (Phi) is 3.31. The first-order chi connectivity index (χ1) is 10.5. The average molecular weight is 293 g/mol. The summed E-state index contributed by atoms with van der Waals surface area (Å²) in [5.74, 6) is 0.0748. The Morgan fingerprint density at radius 1 is 0.727 bits per heavy atom. The third-order valence-corrected chi connectivity index (χ3v) is 3.45. The molecule has 0 fully saturated rings. The van der Waals surface area contributed by atoms with Crippen LogP contribution in [0, 0.1) is 0 Å². The third kappa shape index (κ3) is 2.52. The van der Waals surface area contributed by atoms with Crippen molar-refractivity contribution < 1.29 is 10.2 Å². The molecule has 0 aliphatic carbocycles. The van der Waals surface area contributed by atoms with Crippen molar-refractivity contribution in [2.45, 2.75) is 0 Å². The predicted octanol–water partition coefficient (Wildman–Crippen LogP) is 2.99. The number of anilines is 2. The van der Waals surface area contributed by atoms with E-state index in [1.165, 1.54) is 12.1 Å². The number of nitrogens with zero attached hydrogens (tertiary/aromatic N) is 1. The molecule has 0 bridgehead atoms. The fraction of sp³-hybridized carbons (Fsp3) is 0. The van der Waals surface area contributed by atoms with Crippen LogP contribution in [0.4, 0.5) is 11.5 Å². The number of phenols is 2. The molecule has 0 amide bonds. The Bertz CT molecular complexity index is 830. The summed E-state index contributed by atoms with van der Waals surface area (Å²) in [5, 5.41) is 19.0. The van der Waals surface area contributed by atoms with Gasteiger partial charge in [-0.2, -0.15) is 0 Å². The average Bonchev–Trinajstić information content (AvgIpc) is 2.52. The highest BCUT2D eigenvalue weighted by atomic mass is 16.3. The number of nitrogens with two attached hydrogens (primary N) is 2. The first kappa shape index (κ1) is 13.8. The first-order valence-electron chi connectivity index (χ1n) is 6.68. The van der Waals surface area contributed by atoms with Crippen molar-refractivity contribution >= 4 is 11.5 Å². The van der Waals surface area contributed by atoms with Gasteiger partial charge in [0.15, 0.2) is 11.5 Å². The molecular weight excluding hydrogens is 278 g/mol. The maximum atomic E-state index is 9.62. The topological polar surface area (TPSA) is 105 Å². The zero-order valence-electron chi connectivity index (χ0n) is 11.7. The van der Waals surface area contributed by atoms with Crippen molar-refractivity contribution in [3.8, 4) is 33.8 Å². The zero-order valence-corrected chi connectivity index (χ0v) is 11.7. The minimum atomic E-state index is -0.177. The van der Waals surface area contributed by atoms with Crippen LogP contribution in [0.3, 0.4) is 0 Å². The minimum absolute atomic E-state index is 0.161. The van der Waals surface area contributed by atoms with Crippen molar-refractivity contribution in [2.24, 2.45) is 0 Å². The molecule has 0 radical (unpaired) electrons. The molecule has 0 saturated carbocycles. The quantitative estimate of drug-likeness (QED) is 0.429. The number of aromatic nitrogens is 1. The van der Waals surface area contributed by atoms with E-state index in [-0.39, 0.29) is 11.5 Å². The number of rotatable bonds is 2. The van der Waals surface area contributed by atoms with Crippen molar-refractivity contribution in [2.75, 3.05) is 11.5 Å². The second-order valence-electron chi connectivity index (χ2n) is 4.98. The van der Waals surface area contributed by atoms with Gasteiger partial charge in [0.05, 0.1) is 0 Å². The lowest BCUT2D eigenvalue weighted by atomic mass is 10.0. The molecule has 2 aromatic carbocycles. The fourth-order valence-corrected chi connectivity index (χ4v) is 2.23. The highest BCUT2D eigenvalue weighted by Gasteiger charge is 2.09. The molecule has 1 aromatic heterocycles. The van der Waals surface area contributed by atoms with Gasteiger partial charge >= 0.3 is 0 Å². The molecule has 3 rings (SSSR count). The predicted molar refractivity (Wildman–Crippen MR) is 87.3 cm³/mol. The SMILES string of the molecule is Nc1ccc(-c2cc(-c3ccc(O)c(O)c3)cnc2N)cc1. The highest BCUT2D eigenvalue weighted by Crippen LogP contribution is 2.33. The second-order valence-corrected chi connectivity index (χ2v) is 4.98. The van der Waals surface area contributed by atoms with Crippen molar-refractivity contribution in [3.05, 3.63) is 54.7 Å². The normalized spacial score (nSPS) is 10.5. The molecule has 110 valence electrons. The Morgan fingerprint density at radius 3 is 2.09 bits per heavy atom. The molecule has 1 heterocycles. The molecule has 6 N–H and O–H groups in total. The lowest BCUT2D eigenvalue weighted by Crippen LogP contribution is -1.95. The first-order valence-corrected chi connectivity index (χ1v) is 6.68. The largest absolute Gasteiger partial charge is 0.504 e. The summed E-state index contributed by atoms with van der Waals surface area (Å²) in [6.45, 7) is 0. The summed E-state index contributed by atoms with van der Waals surface area (Å²) in [6.07, 6.45) is 1.63. The fourth-order valence-electron chi connectivity index (χ4n) is 2.23. The number of pyridine rings is 1. The van der Waals surface area contributed by atoms with Gasteiger partial charge in [-0.25, -0.2) is 4.98 Å². The van der Waals surface area contributed by atoms with Crippen LogP contribution in [0.2, 0.25) is 0 Å². The molecule has 5 nitrogen and oxygen atoms in total. The van der Waals surface area contributed by atoms with E-state index < -0.39 is 0 Å². The molecule has 22 heavy (non-hydrogen) atoms. The van der Waals surface area contributed by atoms with Crippen molar-refractivity contribution in [1.82, 2.24) is 4.98 Å². The summed E-state index contributed by atoms with van der Waals surface area (Å²) < 4.78 is 0. The molecule has 0 atom stereocenters. The maximum Gasteiger partial charge on any atom is 0.158 e. The van der Waals surface area contributed by atoms with Gasteiger partial charge in [-0.05, 0) is 41.5 Å². The van der Waals surface area contributed by atoms with Gasteiger partial charge in [-0.1, -0.05) is 18.2 Å². The van der Waals surface area contributed by atoms with E-state index in [0.717, 1.165) is 22.3 Å². The van der Waals surface area contributed by atoms with Crippen LogP contribution in [0.25, 0.3) is 22.3 Å². The number of hydrogen-bond acceptors (Lipinski definition) is 5. The van der Waals surface area contributed by atoms with Gasteiger partial charge in [0.1, 0.15) is 5.82 Å². The monoisotopic (exact) mass is 293 g/mol. The molecular formula is C17H15N3O2. The van der Waals surface area contributed by atoms with Crippen LogP contribution in [-0.4, -0.2) is 15.2 Å². The Labute approximate surface area is 127 Å². The van der Waals surface area contributed by atoms with Crippen LogP contribution in [0.15, 0.2) is 54.7 Å². The van der Waals surface area contributed by atoms with Crippen molar-refractivity contribution in [3.63, 3.8) is 0 Å². The number of phenolic OH excluding ortho intramolecular Hbond substituents is 2. The summed E-state index contributed by atoms with van der Waals surface area (Å²) in [6, 6.07) is 13.9. The lowest BCUT2D eigenvalue weighted by Gasteiger charge is -2.09. The number of benzene rings is 2. The minimum Gasteiger partial charge on any atom is -0.504 e. The van der Waals surface area contributed by atoms with E-state index in [0.29, 0.717) is 11.5 Å². The van der Waals surface area contributed by atoms with Gasteiger partial charge < -0.3 is 21.7 Å². The molecule has 0 aliphatic rings.